The summed E-state index contributed by atoms with van der Waals surface area (Å²) in [6.07, 6.45) is 0.268. The van der Waals surface area contributed by atoms with Crippen molar-refractivity contribution in [1.29, 1.82) is 0 Å². The van der Waals surface area contributed by atoms with Crippen LogP contribution in [0.1, 0.15) is 16.8 Å². The molecule has 104 valence electrons. The lowest BCUT2D eigenvalue weighted by molar-refractivity contribution is -0.120. The highest BCUT2D eigenvalue weighted by Crippen LogP contribution is 2.22. The van der Waals surface area contributed by atoms with Gasteiger partial charge in [-0.15, -0.1) is 0 Å². The number of anilines is 1. The molecule has 0 bridgehead atoms. The zero-order valence-electron chi connectivity index (χ0n) is 11.4. The first-order valence-electron chi connectivity index (χ1n) is 5.89. The first kappa shape index (κ1) is 14.8. The molecule has 0 atom stereocenters. The minimum Gasteiger partial charge on any atom is -0.495 e. The van der Waals surface area contributed by atoms with Crippen LogP contribution in [0.5, 0.6) is 5.75 Å². The quantitative estimate of drug-likeness (QED) is 0.759. The van der Waals surface area contributed by atoms with Crippen LogP contribution in [0.2, 0.25) is 0 Å². The number of hydrogen-bond acceptors (Lipinski definition) is 4. The minimum absolute atomic E-state index is 0.103. The predicted molar refractivity (Wildman–Crippen MR) is 73.1 cm³/mol. The van der Waals surface area contributed by atoms with Crippen molar-refractivity contribution in [3.05, 3.63) is 23.8 Å². The molecule has 0 heterocycles. The van der Waals surface area contributed by atoms with Gasteiger partial charge in [0.05, 0.1) is 12.8 Å². The molecule has 0 aliphatic heterocycles. The first-order chi connectivity index (χ1) is 8.99. The van der Waals surface area contributed by atoms with Crippen molar-refractivity contribution in [3.63, 3.8) is 0 Å². The molecule has 19 heavy (non-hydrogen) atoms. The van der Waals surface area contributed by atoms with Gasteiger partial charge in [-0.3, -0.25) is 9.59 Å². The van der Waals surface area contributed by atoms with Crippen LogP contribution in [-0.2, 0) is 4.79 Å². The summed E-state index contributed by atoms with van der Waals surface area (Å²) in [6.45, 7) is 0.352. The summed E-state index contributed by atoms with van der Waals surface area (Å²) in [4.78, 5) is 24.7. The van der Waals surface area contributed by atoms with Crippen LogP contribution in [0.15, 0.2) is 18.2 Å². The summed E-state index contributed by atoms with van der Waals surface area (Å²) in [5.74, 6) is 0.247. The Morgan fingerprint density at radius 3 is 2.63 bits per heavy atom. The topological polar surface area (TPSA) is 84.7 Å². The van der Waals surface area contributed by atoms with Gasteiger partial charge >= 0.3 is 0 Å². The Morgan fingerprint density at radius 2 is 2.11 bits per heavy atom. The zero-order valence-corrected chi connectivity index (χ0v) is 11.4. The second kappa shape index (κ2) is 6.63. The van der Waals surface area contributed by atoms with Crippen molar-refractivity contribution >= 4 is 17.5 Å². The molecule has 0 unspecified atom stereocenters. The van der Waals surface area contributed by atoms with Crippen LogP contribution >= 0.6 is 0 Å². The van der Waals surface area contributed by atoms with Crippen molar-refractivity contribution in [2.45, 2.75) is 6.42 Å². The molecule has 0 saturated carbocycles. The van der Waals surface area contributed by atoms with Gasteiger partial charge in [0.2, 0.25) is 5.91 Å². The molecular weight excluding hydrogens is 246 g/mol. The highest BCUT2D eigenvalue weighted by Gasteiger charge is 2.14. The Kier molecular flexibility index (Phi) is 5.17. The van der Waals surface area contributed by atoms with E-state index in [0.717, 1.165) is 0 Å². The van der Waals surface area contributed by atoms with Gasteiger partial charge in [0.25, 0.3) is 5.91 Å². The molecule has 6 heteroatoms. The van der Waals surface area contributed by atoms with Gasteiger partial charge in [0.15, 0.2) is 0 Å². The number of methoxy groups -OCH3 is 1. The van der Waals surface area contributed by atoms with Gasteiger partial charge in [-0.25, -0.2) is 0 Å². The van der Waals surface area contributed by atoms with E-state index >= 15 is 0 Å². The molecule has 3 N–H and O–H groups in total. The van der Waals surface area contributed by atoms with Crippen molar-refractivity contribution in [2.75, 3.05) is 33.5 Å². The average Bonchev–Trinajstić information content (AvgIpc) is 2.43. The Hall–Kier alpha value is -2.24. The van der Waals surface area contributed by atoms with Gasteiger partial charge < -0.3 is 20.7 Å². The van der Waals surface area contributed by atoms with Gasteiger partial charge in [0.1, 0.15) is 5.75 Å². The normalized spacial score (nSPS) is 9.84. The average molecular weight is 265 g/mol. The molecule has 1 rings (SSSR count). The molecule has 6 nitrogen and oxygen atoms in total. The highest BCUT2D eigenvalue weighted by atomic mass is 16.5. The number of nitrogen functional groups attached to an aromatic ring is 1. The number of nitrogens with zero attached hydrogens (tertiary/aromatic N) is 1. The maximum absolute atomic E-state index is 12.1. The van der Waals surface area contributed by atoms with Gasteiger partial charge in [-0.05, 0) is 18.2 Å². The molecule has 0 aliphatic carbocycles. The fourth-order valence-corrected chi connectivity index (χ4v) is 1.58. The smallest absolute Gasteiger partial charge is 0.253 e. The van der Waals surface area contributed by atoms with Crippen LogP contribution in [0.3, 0.4) is 0 Å². The Morgan fingerprint density at radius 1 is 1.42 bits per heavy atom. The number of hydrogen-bond donors (Lipinski definition) is 2. The molecule has 0 spiro atoms. The molecule has 0 aliphatic rings. The summed E-state index contributed by atoms with van der Waals surface area (Å²) < 4.78 is 5.03. The number of ether oxygens (including phenoxy) is 1. The van der Waals surface area contributed by atoms with Crippen LogP contribution in [0.4, 0.5) is 5.69 Å². The predicted octanol–water partition coefficient (Wildman–Crippen LogP) is 0.485. The second-order valence-corrected chi connectivity index (χ2v) is 4.11. The number of nitrogens with two attached hydrogens (primary N) is 1. The molecule has 1 aromatic carbocycles. The van der Waals surface area contributed by atoms with Crippen LogP contribution in [0, 0.1) is 0 Å². The molecule has 0 fully saturated rings. The molecule has 0 radical (unpaired) electrons. The Labute approximate surface area is 112 Å². The summed E-state index contributed by atoms with van der Waals surface area (Å²) in [7, 11) is 4.72. The molecule has 0 aromatic heterocycles. The van der Waals surface area contributed by atoms with E-state index < -0.39 is 0 Å². The number of carbonyl (C=O) groups is 2. The van der Waals surface area contributed by atoms with Gasteiger partial charge in [-0.1, -0.05) is 0 Å². The van der Waals surface area contributed by atoms with E-state index in [1.54, 1.807) is 32.3 Å². The molecule has 1 aromatic rings. The summed E-state index contributed by atoms with van der Waals surface area (Å²) >= 11 is 0. The van der Waals surface area contributed by atoms with E-state index in [4.69, 9.17) is 10.5 Å². The molecule has 0 saturated heterocycles. The largest absolute Gasteiger partial charge is 0.495 e. The van der Waals surface area contributed by atoms with E-state index in [2.05, 4.69) is 5.32 Å². The number of nitrogens with one attached hydrogen (secondary N) is 1. The fourth-order valence-electron chi connectivity index (χ4n) is 1.58. The van der Waals surface area contributed by atoms with Gasteiger partial charge in [0, 0.05) is 32.6 Å². The number of benzene rings is 1. The number of rotatable bonds is 5. The molecule has 2 amide bonds. The summed E-state index contributed by atoms with van der Waals surface area (Å²) in [6, 6.07) is 4.86. The van der Waals surface area contributed by atoms with E-state index in [1.165, 1.54) is 12.0 Å². The minimum atomic E-state index is -0.182. The first-order valence-corrected chi connectivity index (χ1v) is 5.89. The van der Waals surface area contributed by atoms with Crippen molar-refractivity contribution in [1.82, 2.24) is 10.2 Å². The van der Waals surface area contributed by atoms with Crippen LogP contribution in [-0.4, -0.2) is 44.5 Å². The van der Waals surface area contributed by atoms with Crippen molar-refractivity contribution < 1.29 is 14.3 Å². The lowest BCUT2D eigenvalue weighted by Crippen LogP contribution is -2.31. The number of carbonyl (C=O) groups excluding carboxylic acids is 2. The van der Waals surface area contributed by atoms with Crippen LogP contribution in [0.25, 0.3) is 0 Å². The zero-order chi connectivity index (χ0) is 14.4. The van der Waals surface area contributed by atoms with Crippen LogP contribution < -0.4 is 15.8 Å². The Balaban J connectivity index is 2.71. The SMILES string of the molecule is CNC(=O)CCN(C)C(=O)c1ccc(OC)c(N)c1. The second-order valence-electron chi connectivity index (χ2n) is 4.11. The monoisotopic (exact) mass is 265 g/mol. The van der Waals surface area contributed by atoms with E-state index in [9.17, 15) is 9.59 Å². The van der Waals surface area contributed by atoms with Gasteiger partial charge in [-0.2, -0.15) is 0 Å². The maximum Gasteiger partial charge on any atom is 0.253 e. The lowest BCUT2D eigenvalue weighted by atomic mass is 10.1. The molecular formula is C13H19N3O3. The Bertz CT molecular complexity index is 474. The highest BCUT2D eigenvalue weighted by molar-refractivity contribution is 5.95. The third-order valence-corrected chi connectivity index (χ3v) is 2.78. The van der Waals surface area contributed by atoms with E-state index in [-0.39, 0.29) is 18.2 Å². The van der Waals surface area contributed by atoms with E-state index in [1.807, 2.05) is 0 Å². The fraction of sp³-hybridized carbons (Fsp3) is 0.385. The van der Waals surface area contributed by atoms with Crippen molar-refractivity contribution in [3.8, 4) is 5.75 Å². The summed E-state index contributed by atoms with van der Waals surface area (Å²) in [5, 5.41) is 2.51. The number of amides is 2. The third kappa shape index (κ3) is 3.87. The lowest BCUT2D eigenvalue weighted by Gasteiger charge is -2.17. The third-order valence-electron chi connectivity index (χ3n) is 2.78. The van der Waals surface area contributed by atoms with Crippen molar-refractivity contribution in [2.24, 2.45) is 0 Å². The van der Waals surface area contributed by atoms with E-state index in [0.29, 0.717) is 23.5 Å². The standard InChI is InChI=1S/C13H19N3O3/c1-15-12(17)6-7-16(2)13(18)9-4-5-11(19-3)10(14)8-9/h4-5,8H,6-7,14H2,1-3H3,(H,15,17). The summed E-state index contributed by atoms with van der Waals surface area (Å²) in [5.41, 5.74) is 6.63. The maximum atomic E-state index is 12.1.